The maximum atomic E-state index is 13.0. The van der Waals surface area contributed by atoms with Crippen molar-refractivity contribution in [3.63, 3.8) is 0 Å². The smallest absolute Gasteiger partial charge is 0.205 e. The maximum absolute atomic E-state index is 13.0. The Morgan fingerprint density at radius 3 is 2.66 bits per heavy atom. The van der Waals surface area contributed by atoms with Crippen LogP contribution in [0.1, 0.15) is 34.5 Å². The highest BCUT2D eigenvalue weighted by Crippen LogP contribution is 2.38. The number of hydrogen-bond donors (Lipinski definition) is 1. The van der Waals surface area contributed by atoms with E-state index in [-0.39, 0.29) is 5.78 Å². The molecule has 0 radical (unpaired) electrons. The molecule has 148 valence electrons. The number of aromatic amines is 1. The van der Waals surface area contributed by atoms with E-state index in [4.69, 9.17) is 4.74 Å². The summed E-state index contributed by atoms with van der Waals surface area (Å²) in [5, 5.41) is 1.06. The van der Waals surface area contributed by atoms with Crippen molar-refractivity contribution in [3.05, 3.63) is 77.0 Å². The Bertz CT molecular complexity index is 1070. The number of Topliss-reactive ketones (excluding diaryl/α,β-unsaturated/α-hetero) is 1. The van der Waals surface area contributed by atoms with Gasteiger partial charge in [-0.3, -0.25) is 9.69 Å². The maximum Gasteiger partial charge on any atom is 0.205 e. The monoisotopic (exact) mass is 386 g/mol. The van der Waals surface area contributed by atoms with E-state index in [1.165, 1.54) is 5.56 Å². The van der Waals surface area contributed by atoms with Crippen LogP contribution in [-0.2, 0) is 13.0 Å². The third-order valence-corrected chi connectivity index (χ3v) is 6.31. The van der Waals surface area contributed by atoms with E-state index < -0.39 is 0 Å². The highest BCUT2D eigenvalue weighted by molar-refractivity contribution is 6.16. The number of carbonyl (C=O) groups is 1. The number of hydrogen-bond acceptors (Lipinski definition) is 3. The summed E-state index contributed by atoms with van der Waals surface area (Å²) in [6.07, 6.45) is 5.18. The van der Waals surface area contributed by atoms with Gasteiger partial charge in [-0.1, -0.05) is 42.5 Å². The van der Waals surface area contributed by atoms with Crippen molar-refractivity contribution < 1.29 is 9.53 Å². The number of piperidine rings is 1. The average Bonchev–Trinajstić information content (AvgIpc) is 3.27. The Morgan fingerprint density at radius 1 is 1.10 bits per heavy atom. The van der Waals surface area contributed by atoms with Crippen molar-refractivity contribution in [2.24, 2.45) is 5.92 Å². The Kier molecular flexibility index (Phi) is 4.72. The summed E-state index contributed by atoms with van der Waals surface area (Å²) < 4.78 is 5.54. The molecule has 0 atom stereocenters. The number of nitrogens with one attached hydrogen (secondary N) is 1. The van der Waals surface area contributed by atoms with Crippen LogP contribution in [-0.4, -0.2) is 35.9 Å². The lowest BCUT2D eigenvalue weighted by Crippen LogP contribution is -2.32. The number of carbonyl (C=O) groups excluding carboxylic acids is 1. The van der Waals surface area contributed by atoms with Crippen LogP contribution in [0.2, 0.25) is 0 Å². The quantitative estimate of drug-likeness (QED) is 0.658. The van der Waals surface area contributed by atoms with E-state index in [1.54, 1.807) is 7.11 Å². The molecular formula is C25H26N2O2. The average molecular weight is 386 g/mol. The van der Waals surface area contributed by atoms with E-state index in [0.717, 1.165) is 66.0 Å². The van der Waals surface area contributed by atoms with E-state index in [0.29, 0.717) is 12.3 Å². The van der Waals surface area contributed by atoms with Crippen molar-refractivity contribution in [3.8, 4) is 5.75 Å². The van der Waals surface area contributed by atoms with E-state index >= 15 is 0 Å². The Labute approximate surface area is 171 Å². The molecule has 4 heteroatoms. The number of rotatable bonds is 4. The molecular weight excluding hydrogens is 360 g/mol. The van der Waals surface area contributed by atoms with Crippen molar-refractivity contribution >= 4 is 16.7 Å². The number of ketones is 1. The molecule has 0 spiro atoms. The van der Waals surface area contributed by atoms with Crippen LogP contribution in [0.5, 0.6) is 5.75 Å². The minimum atomic E-state index is 0.157. The largest absolute Gasteiger partial charge is 0.496 e. The number of benzene rings is 2. The normalized spacial score (nSPS) is 19.2. The molecule has 1 saturated heterocycles. The fraction of sp³-hybridized carbons (Fsp3) is 0.320. The molecule has 0 unspecified atom stereocenters. The third-order valence-electron chi connectivity index (χ3n) is 6.31. The van der Waals surface area contributed by atoms with E-state index in [1.807, 2.05) is 18.2 Å². The molecule has 1 aromatic heterocycles. The first-order valence-electron chi connectivity index (χ1n) is 10.4. The zero-order valence-electron chi connectivity index (χ0n) is 16.8. The molecule has 5 rings (SSSR count). The van der Waals surface area contributed by atoms with Gasteiger partial charge in [-0.2, -0.15) is 0 Å². The van der Waals surface area contributed by atoms with Gasteiger partial charge < -0.3 is 9.72 Å². The standard InChI is InChI=1S/C25H26N2O2/c1-29-22-9-5-8-21-23(22)20-15-19(25(28)24(20)26-21)14-17-10-12-27(13-11-17)16-18-6-3-2-4-7-18/h2-9,14,17,26H,10-13,15-16H2,1H3. The van der Waals surface area contributed by atoms with Gasteiger partial charge in [-0.25, -0.2) is 0 Å². The summed E-state index contributed by atoms with van der Waals surface area (Å²) in [6, 6.07) is 16.6. The van der Waals surface area contributed by atoms with Crippen LogP contribution in [0.4, 0.5) is 0 Å². The summed E-state index contributed by atoms with van der Waals surface area (Å²) in [5.41, 5.74) is 5.14. The minimum absolute atomic E-state index is 0.157. The van der Waals surface area contributed by atoms with Gasteiger partial charge >= 0.3 is 0 Å². The highest BCUT2D eigenvalue weighted by Gasteiger charge is 2.31. The van der Waals surface area contributed by atoms with Gasteiger partial charge in [-0.15, -0.1) is 0 Å². The van der Waals surface area contributed by atoms with Crippen LogP contribution >= 0.6 is 0 Å². The molecule has 0 bridgehead atoms. The van der Waals surface area contributed by atoms with Crippen LogP contribution < -0.4 is 4.74 Å². The van der Waals surface area contributed by atoms with Gasteiger partial charge in [0.15, 0.2) is 0 Å². The second-order valence-electron chi connectivity index (χ2n) is 8.16. The number of fused-ring (bicyclic) bond motifs is 3. The Balaban J connectivity index is 1.29. The van der Waals surface area contributed by atoms with E-state index in [2.05, 4.69) is 46.3 Å². The van der Waals surface area contributed by atoms with Gasteiger partial charge in [0, 0.05) is 29.4 Å². The molecule has 0 saturated carbocycles. The number of nitrogens with zero attached hydrogens (tertiary/aromatic N) is 1. The lowest BCUT2D eigenvalue weighted by atomic mass is 9.93. The SMILES string of the molecule is COc1cccc2[nH]c3c(c12)CC(=CC1CCN(Cc2ccccc2)CC1)C3=O. The number of ether oxygens (including phenoxy) is 1. The molecule has 1 aliphatic heterocycles. The summed E-state index contributed by atoms with van der Waals surface area (Å²) >= 11 is 0. The first-order valence-corrected chi connectivity index (χ1v) is 10.4. The van der Waals surface area contributed by atoms with Crippen molar-refractivity contribution in [2.45, 2.75) is 25.8 Å². The minimum Gasteiger partial charge on any atom is -0.496 e. The van der Waals surface area contributed by atoms with E-state index in [9.17, 15) is 4.79 Å². The van der Waals surface area contributed by atoms with Gasteiger partial charge in [0.1, 0.15) is 5.75 Å². The number of methoxy groups -OCH3 is 1. The Morgan fingerprint density at radius 2 is 1.90 bits per heavy atom. The predicted molar refractivity (Wildman–Crippen MR) is 115 cm³/mol. The molecule has 1 fully saturated rings. The first kappa shape index (κ1) is 18.2. The number of H-pyrrole nitrogens is 1. The summed E-state index contributed by atoms with van der Waals surface area (Å²) in [7, 11) is 1.69. The molecule has 29 heavy (non-hydrogen) atoms. The lowest BCUT2D eigenvalue weighted by Gasteiger charge is -2.30. The molecule has 4 nitrogen and oxygen atoms in total. The van der Waals surface area contributed by atoms with Crippen molar-refractivity contribution in [1.82, 2.24) is 9.88 Å². The van der Waals surface area contributed by atoms with Gasteiger partial charge in [0.25, 0.3) is 0 Å². The third kappa shape index (κ3) is 3.38. The summed E-state index contributed by atoms with van der Waals surface area (Å²) in [5.74, 6) is 1.48. The fourth-order valence-electron chi connectivity index (χ4n) is 4.79. The fourth-order valence-corrected chi connectivity index (χ4v) is 4.79. The Hall–Kier alpha value is -2.85. The second-order valence-corrected chi connectivity index (χ2v) is 8.16. The first-order chi connectivity index (χ1) is 14.2. The molecule has 1 N–H and O–H groups in total. The predicted octanol–water partition coefficient (Wildman–Crippen LogP) is 4.75. The van der Waals surface area contributed by atoms with Gasteiger partial charge in [-0.05, 0) is 55.1 Å². The summed E-state index contributed by atoms with van der Waals surface area (Å²) in [4.78, 5) is 18.8. The molecule has 2 aliphatic rings. The molecule has 2 aromatic carbocycles. The van der Waals surface area contributed by atoms with Crippen LogP contribution in [0, 0.1) is 5.92 Å². The second kappa shape index (κ2) is 7.53. The number of aromatic nitrogens is 1. The zero-order chi connectivity index (χ0) is 19.8. The number of likely N-dealkylation sites (tertiary alicyclic amines) is 1. The summed E-state index contributed by atoms with van der Waals surface area (Å²) in [6.45, 7) is 3.18. The van der Waals surface area contributed by atoms with Crippen molar-refractivity contribution in [2.75, 3.05) is 20.2 Å². The van der Waals surface area contributed by atoms with Crippen LogP contribution in [0.3, 0.4) is 0 Å². The molecule has 0 amide bonds. The lowest BCUT2D eigenvalue weighted by molar-refractivity contribution is 0.103. The molecule has 1 aliphatic carbocycles. The van der Waals surface area contributed by atoms with Crippen molar-refractivity contribution in [1.29, 1.82) is 0 Å². The van der Waals surface area contributed by atoms with Crippen LogP contribution in [0.25, 0.3) is 10.9 Å². The number of allylic oxidation sites excluding steroid dienone is 2. The highest BCUT2D eigenvalue weighted by atomic mass is 16.5. The van der Waals surface area contributed by atoms with Gasteiger partial charge in [0.05, 0.1) is 12.8 Å². The van der Waals surface area contributed by atoms with Gasteiger partial charge in [0.2, 0.25) is 5.78 Å². The molecule has 3 aromatic rings. The zero-order valence-corrected chi connectivity index (χ0v) is 16.8. The van der Waals surface area contributed by atoms with Crippen LogP contribution in [0.15, 0.2) is 60.2 Å². The topological polar surface area (TPSA) is 45.3 Å². The molecule has 2 heterocycles.